The van der Waals surface area contributed by atoms with Crippen LogP contribution in [-0.2, 0) is 4.74 Å². The zero-order valence-electron chi connectivity index (χ0n) is 12.0. The third-order valence-corrected chi connectivity index (χ3v) is 4.33. The predicted molar refractivity (Wildman–Crippen MR) is 77.6 cm³/mol. The van der Waals surface area contributed by atoms with E-state index in [0.717, 1.165) is 38.2 Å². The molecule has 0 aliphatic carbocycles. The van der Waals surface area contributed by atoms with Crippen molar-refractivity contribution in [2.24, 2.45) is 5.73 Å². The second-order valence-corrected chi connectivity index (χ2v) is 5.28. The molecule has 0 saturated heterocycles. The summed E-state index contributed by atoms with van der Waals surface area (Å²) < 4.78 is 11.9. The van der Waals surface area contributed by atoms with E-state index in [1.165, 1.54) is 5.56 Å². The average Bonchev–Trinajstić information content (AvgIpc) is 2.49. The minimum Gasteiger partial charge on any atom is -0.493 e. The van der Waals surface area contributed by atoms with Crippen LogP contribution in [0.25, 0.3) is 0 Å². The molecule has 1 atom stereocenters. The van der Waals surface area contributed by atoms with Crippen LogP contribution >= 0.6 is 0 Å². The summed E-state index contributed by atoms with van der Waals surface area (Å²) in [5.41, 5.74) is 7.00. The molecule has 19 heavy (non-hydrogen) atoms. The molecule has 0 saturated carbocycles. The zero-order chi connectivity index (χ0) is 13.7. The molecule has 0 bridgehead atoms. The summed E-state index contributed by atoms with van der Waals surface area (Å²) in [6.07, 6.45) is 2.95. The van der Waals surface area contributed by atoms with Crippen molar-refractivity contribution in [2.75, 3.05) is 19.8 Å². The first-order valence-corrected chi connectivity index (χ1v) is 7.30. The summed E-state index contributed by atoms with van der Waals surface area (Å²) in [7, 11) is 0. The van der Waals surface area contributed by atoms with Crippen LogP contribution in [0.3, 0.4) is 0 Å². The smallest absolute Gasteiger partial charge is 0.122 e. The van der Waals surface area contributed by atoms with Gasteiger partial charge in [0.15, 0.2) is 0 Å². The average molecular weight is 263 g/mol. The van der Waals surface area contributed by atoms with E-state index in [1.54, 1.807) is 0 Å². The number of nitrogens with two attached hydrogens (primary N) is 1. The SMILES string of the molecule is CCC(CC)(CN)OCC1CCOc2ccccc21. The fourth-order valence-electron chi connectivity index (χ4n) is 2.67. The number of fused-ring (bicyclic) bond motifs is 1. The molecule has 3 heteroatoms. The Morgan fingerprint density at radius 3 is 2.74 bits per heavy atom. The van der Waals surface area contributed by atoms with Gasteiger partial charge >= 0.3 is 0 Å². The Labute approximate surface area is 116 Å². The molecule has 0 aromatic heterocycles. The lowest BCUT2D eigenvalue weighted by Gasteiger charge is -2.34. The molecule has 106 valence electrons. The highest BCUT2D eigenvalue weighted by Crippen LogP contribution is 2.34. The van der Waals surface area contributed by atoms with Crippen LogP contribution in [0, 0.1) is 0 Å². The van der Waals surface area contributed by atoms with Gasteiger partial charge in [-0.25, -0.2) is 0 Å². The van der Waals surface area contributed by atoms with Crippen LogP contribution in [0.1, 0.15) is 44.6 Å². The third kappa shape index (κ3) is 3.10. The number of hydrogen-bond donors (Lipinski definition) is 1. The van der Waals surface area contributed by atoms with Crippen LogP contribution in [0.15, 0.2) is 24.3 Å². The largest absolute Gasteiger partial charge is 0.493 e. The van der Waals surface area contributed by atoms with Crippen molar-refractivity contribution < 1.29 is 9.47 Å². The van der Waals surface area contributed by atoms with Gasteiger partial charge < -0.3 is 15.2 Å². The molecule has 1 aliphatic heterocycles. The summed E-state index contributed by atoms with van der Waals surface area (Å²) in [6, 6.07) is 8.27. The molecule has 3 nitrogen and oxygen atoms in total. The van der Waals surface area contributed by atoms with Crippen molar-refractivity contribution in [3.8, 4) is 5.75 Å². The normalized spacial score (nSPS) is 18.8. The van der Waals surface area contributed by atoms with Crippen molar-refractivity contribution in [2.45, 2.75) is 44.6 Å². The van der Waals surface area contributed by atoms with E-state index in [4.69, 9.17) is 15.2 Å². The van der Waals surface area contributed by atoms with Crippen molar-refractivity contribution in [1.29, 1.82) is 0 Å². The maximum Gasteiger partial charge on any atom is 0.122 e. The first-order valence-electron chi connectivity index (χ1n) is 7.30. The summed E-state index contributed by atoms with van der Waals surface area (Å²) in [5, 5.41) is 0. The van der Waals surface area contributed by atoms with Crippen LogP contribution in [0.5, 0.6) is 5.75 Å². The van der Waals surface area contributed by atoms with Crippen LogP contribution in [-0.4, -0.2) is 25.4 Å². The minimum atomic E-state index is -0.159. The highest BCUT2D eigenvalue weighted by atomic mass is 16.5. The third-order valence-electron chi connectivity index (χ3n) is 4.33. The van der Waals surface area contributed by atoms with Gasteiger partial charge in [0.1, 0.15) is 5.75 Å². The van der Waals surface area contributed by atoms with Gasteiger partial charge in [-0.15, -0.1) is 0 Å². The van der Waals surface area contributed by atoms with Gasteiger partial charge in [0.2, 0.25) is 0 Å². The van der Waals surface area contributed by atoms with Crippen molar-refractivity contribution in [3.63, 3.8) is 0 Å². The number of rotatable bonds is 6. The lowest BCUT2D eigenvalue weighted by Crippen LogP contribution is -2.40. The number of benzene rings is 1. The first kappa shape index (κ1) is 14.4. The monoisotopic (exact) mass is 263 g/mol. The number of para-hydroxylation sites is 1. The molecule has 1 unspecified atom stereocenters. The summed E-state index contributed by atoms with van der Waals surface area (Å²) in [6.45, 7) is 6.39. The van der Waals surface area contributed by atoms with Crippen LogP contribution in [0.2, 0.25) is 0 Å². The Bertz CT molecular complexity index is 393. The lowest BCUT2D eigenvalue weighted by molar-refractivity contribution is -0.0536. The molecule has 1 aromatic carbocycles. The van der Waals surface area contributed by atoms with E-state index >= 15 is 0 Å². The minimum absolute atomic E-state index is 0.159. The number of ether oxygens (including phenoxy) is 2. The van der Waals surface area contributed by atoms with Crippen LogP contribution < -0.4 is 10.5 Å². The second-order valence-electron chi connectivity index (χ2n) is 5.28. The molecule has 1 aromatic rings. The van der Waals surface area contributed by atoms with Gasteiger partial charge in [-0.1, -0.05) is 32.0 Å². The highest BCUT2D eigenvalue weighted by Gasteiger charge is 2.28. The Morgan fingerprint density at radius 2 is 2.05 bits per heavy atom. The molecule has 0 fully saturated rings. The molecule has 2 rings (SSSR count). The molecule has 0 radical (unpaired) electrons. The van der Waals surface area contributed by atoms with E-state index in [9.17, 15) is 0 Å². The maximum absolute atomic E-state index is 6.19. The van der Waals surface area contributed by atoms with Gasteiger partial charge in [-0.05, 0) is 30.9 Å². The molecule has 0 amide bonds. The van der Waals surface area contributed by atoms with E-state index in [1.807, 2.05) is 12.1 Å². The molecular weight excluding hydrogens is 238 g/mol. The lowest BCUT2D eigenvalue weighted by atomic mass is 9.92. The van der Waals surface area contributed by atoms with E-state index < -0.39 is 0 Å². The Morgan fingerprint density at radius 1 is 1.32 bits per heavy atom. The molecular formula is C16H25NO2. The van der Waals surface area contributed by atoms with Crippen molar-refractivity contribution in [3.05, 3.63) is 29.8 Å². The molecule has 0 spiro atoms. The van der Waals surface area contributed by atoms with Crippen molar-refractivity contribution >= 4 is 0 Å². The standard InChI is InChI=1S/C16H25NO2/c1-3-16(4-2,12-17)19-11-13-9-10-18-15-8-6-5-7-14(13)15/h5-8,13H,3-4,9-12,17H2,1-2H3. The van der Waals surface area contributed by atoms with E-state index in [-0.39, 0.29) is 5.60 Å². The second kappa shape index (κ2) is 6.40. The van der Waals surface area contributed by atoms with Gasteiger partial charge in [0.25, 0.3) is 0 Å². The Hall–Kier alpha value is -1.06. The zero-order valence-corrected chi connectivity index (χ0v) is 12.0. The van der Waals surface area contributed by atoms with E-state index in [0.29, 0.717) is 12.5 Å². The first-order chi connectivity index (χ1) is 9.24. The summed E-state index contributed by atoms with van der Waals surface area (Å²) in [4.78, 5) is 0. The quantitative estimate of drug-likeness (QED) is 0.857. The number of hydrogen-bond acceptors (Lipinski definition) is 3. The fourth-order valence-corrected chi connectivity index (χ4v) is 2.67. The molecule has 1 heterocycles. The molecule has 1 aliphatic rings. The Kier molecular flexibility index (Phi) is 4.83. The predicted octanol–water partition coefficient (Wildman–Crippen LogP) is 3.09. The van der Waals surface area contributed by atoms with E-state index in [2.05, 4.69) is 26.0 Å². The van der Waals surface area contributed by atoms with Gasteiger partial charge in [-0.3, -0.25) is 0 Å². The Balaban J connectivity index is 2.05. The fraction of sp³-hybridized carbons (Fsp3) is 0.625. The van der Waals surface area contributed by atoms with Crippen LogP contribution in [0.4, 0.5) is 0 Å². The van der Waals surface area contributed by atoms with Gasteiger partial charge in [0.05, 0.1) is 18.8 Å². The van der Waals surface area contributed by atoms with Gasteiger partial charge in [0, 0.05) is 12.5 Å². The molecule has 2 N–H and O–H groups in total. The van der Waals surface area contributed by atoms with Gasteiger partial charge in [-0.2, -0.15) is 0 Å². The maximum atomic E-state index is 6.19. The van der Waals surface area contributed by atoms with Crippen molar-refractivity contribution in [1.82, 2.24) is 0 Å². The topological polar surface area (TPSA) is 44.5 Å². The summed E-state index contributed by atoms with van der Waals surface area (Å²) in [5.74, 6) is 1.43. The highest BCUT2D eigenvalue weighted by molar-refractivity contribution is 5.37. The summed E-state index contributed by atoms with van der Waals surface area (Å²) >= 11 is 0.